The first-order chi connectivity index (χ1) is 14.2. The highest BCUT2D eigenvalue weighted by atomic mass is 16.5. The van der Waals surface area contributed by atoms with Crippen LogP contribution in [0.5, 0.6) is 17.2 Å². The Morgan fingerprint density at radius 3 is 2.28 bits per heavy atom. The van der Waals surface area contributed by atoms with Gasteiger partial charge in [0, 0.05) is 11.5 Å². The van der Waals surface area contributed by atoms with E-state index in [9.17, 15) is 5.11 Å². The number of hydrogen-bond acceptors (Lipinski definition) is 4. The predicted octanol–water partition coefficient (Wildman–Crippen LogP) is 4.76. The van der Waals surface area contributed by atoms with Crippen LogP contribution in [0.4, 0.5) is 0 Å². The highest BCUT2D eigenvalue weighted by Gasteiger charge is 2.16. The Bertz CT molecular complexity index is 896. The Kier molecular flexibility index (Phi) is 7.54. The van der Waals surface area contributed by atoms with Crippen LogP contribution in [0.3, 0.4) is 0 Å². The molecule has 4 nitrogen and oxygen atoms in total. The smallest absolute Gasteiger partial charge is 0.160 e. The van der Waals surface area contributed by atoms with Crippen LogP contribution in [0, 0.1) is 0 Å². The van der Waals surface area contributed by atoms with E-state index >= 15 is 0 Å². The quantitative estimate of drug-likeness (QED) is 0.489. The topological polar surface area (TPSA) is 50.7 Å². The number of ether oxygens (including phenoxy) is 2. The number of para-hydroxylation sites is 1. The van der Waals surface area contributed by atoms with Crippen molar-refractivity contribution < 1.29 is 14.6 Å². The first kappa shape index (κ1) is 20.7. The minimum atomic E-state index is 0.158. The number of methoxy groups -OCH3 is 2. The summed E-state index contributed by atoms with van der Waals surface area (Å²) in [5.74, 6) is 2.02. The van der Waals surface area contributed by atoms with Gasteiger partial charge in [0.1, 0.15) is 5.75 Å². The van der Waals surface area contributed by atoms with Gasteiger partial charge in [-0.15, -0.1) is 0 Å². The zero-order valence-electron chi connectivity index (χ0n) is 17.1. The van der Waals surface area contributed by atoms with Crippen LogP contribution in [0.25, 0.3) is 0 Å². The summed E-state index contributed by atoms with van der Waals surface area (Å²) in [6.45, 7) is 1.74. The van der Waals surface area contributed by atoms with Crippen molar-refractivity contribution in [1.82, 2.24) is 5.32 Å². The zero-order valence-corrected chi connectivity index (χ0v) is 17.1. The molecule has 3 rings (SSSR count). The molecule has 0 aliphatic heterocycles. The molecule has 0 aromatic heterocycles. The number of benzene rings is 3. The van der Waals surface area contributed by atoms with Crippen molar-refractivity contribution in [2.24, 2.45) is 0 Å². The summed E-state index contributed by atoms with van der Waals surface area (Å²) in [5.41, 5.74) is 3.39. The van der Waals surface area contributed by atoms with E-state index in [0.29, 0.717) is 5.75 Å². The Hall–Kier alpha value is -2.98. The standard InChI is InChI=1S/C25H29NO3/c1-28-24-13-12-19(18-25(24)29-2)14-16-26-17-15-21(20-8-4-3-5-9-20)22-10-6-7-11-23(22)27/h3-13,18,21,26-27H,14-17H2,1-2H3. The van der Waals surface area contributed by atoms with Crippen molar-refractivity contribution in [3.8, 4) is 17.2 Å². The van der Waals surface area contributed by atoms with E-state index in [2.05, 4.69) is 23.5 Å². The van der Waals surface area contributed by atoms with Gasteiger partial charge < -0.3 is 19.9 Å². The fourth-order valence-electron chi connectivity index (χ4n) is 3.61. The minimum Gasteiger partial charge on any atom is -0.508 e. The van der Waals surface area contributed by atoms with Crippen molar-refractivity contribution in [2.75, 3.05) is 27.3 Å². The molecule has 4 heteroatoms. The summed E-state index contributed by atoms with van der Waals surface area (Å²) in [5, 5.41) is 13.9. The van der Waals surface area contributed by atoms with Gasteiger partial charge in [-0.2, -0.15) is 0 Å². The summed E-state index contributed by atoms with van der Waals surface area (Å²) in [6.07, 6.45) is 1.82. The zero-order chi connectivity index (χ0) is 20.5. The molecular formula is C25H29NO3. The van der Waals surface area contributed by atoms with Crippen LogP contribution in [0.15, 0.2) is 72.8 Å². The number of aromatic hydroxyl groups is 1. The fraction of sp³-hybridized carbons (Fsp3) is 0.280. The maximum atomic E-state index is 10.3. The van der Waals surface area contributed by atoms with E-state index in [1.807, 2.05) is 48.5 Å². The molecule has 0 heterocycles. The first-order valence-corrected chi connectivity index (χ1v) is 9.97. The Morgan fingerprint density at radius 1 is 0.828 bits per heavy atom. The van der Waals surface area contributed by atoms with E-state index in [1.165, 1.54) is 11.1 Å². The van der Waals surface area contributed by atoms with Gasteiger partial charge >= 0.3 is 0 Å². The second-order valence-corrected chi connectivity index (χ2v) is 7.00. The van der Waals surface area contributed by atoms with Gasteiger partial charge in [0.05, 0.1) is 14.2 Å². The lowest BCUT2D eigenvalue weighted by Crippen LogP contribution is -2.21. The minimum absolute atomic E-state index is 0.158. The molecular weight excluding hydrogens is 362 g/mol. The van der Waals surface area contributed by atoms with Crippen LogP contribution in [0.1, 0.15) is 29.0 Å². The molecule has 0 amide bonds. The lowest BCUT2D eigenvalue weighted by Gasteiger charge is -2.19. The average Bonchev–Trinajstić information content (AvgIpc) is 2.77. The third-order valence-corrected chi connectivity index (χ3v) is 5.16. The highest BCUT2D eigenvalue weighted by Crippen LogP contribution is 2.33. The fourth-order valence-corrected chi connectivity index (χ4v) is 3.61. The maximum Gasteiger partial charge on any atom is 0.160 e. The molecule has 152 valence electrons. The predicted molar refractivity (Wildman–Crippen MR) is 117 cm³/mol. The van der Waals surface area contributed by atoms with E-state index in [4.69, 9.17) is 9.47 Å². The molecule has 0 fully saturated rings. The second-order valence-electron chi connectivity index (χ2n) is 7.00. The van der Waals surface area contributed by atoms with Crippen molar-refractivity contribution in [2.45, 2.75) is 18.8 Å². The van der Waals surface area contributed by atoms with Gasteiger partial charge in [-0.1, -0.05) is 54.6 Å². The molecule has 1 atom stereocenters. The normalized spacial score (nSPS) is 11.8. The van der Waals surface area contributed by atoms with Crippen LogP contribution in [-0.4, -0.2) is 32.4 Å². The molecule has 3 aromatic rings. The second kappa shape index (κ2) is 10.5. The first-order valence-electron chi connectivity index (χ1n) is 9.97. The molecule has 0 aliphatic carbocycles. The molecule has 1 unspecified atom stereocenters. The van der Waals surface area contributed by atoms with Crippen molar-refractivity contribution in [3.63, 3.8) is 0 Å². The van der Waals surface area contributed by atoms with Crippen molar-refractivity contribution >= 4 is 0 Å². The number of rotatable bonds is 10. The third-order valence-electron chi connectivity index (χ3n) is 5.16. The van der Waals surface area contributed by atoms with Gasteiger partial charge in [0.2, 0.25) is 0 Å². The maximum absolute atomic E-state index is 10.3. The monoisotopic (exact) mass is 391 g/mol. The van der Waals surface area contributed by atoms with Crippen LogP contribution in [0.2, 0.25) is 0 Å². The molecule has 2 N–H and O–H groups in total. The lowest BCUT2D eigenvalue weighted by molar-refractivity contribution is 0.354. The van der Waals surface area contributed by atoms with E-state index in [-0.39, 0.29) is 5.92 Å². The number of hydrogen-bond donors (Lipinski definition) is 2. The van der Waals surface area contributed by atoms with Gasteiger partial charge in [-0.3, -0.25) is 0 Å². The van der Waals surface area contributed by atoms with Crippen LogP contribution >= 0.6 is 0 Å². The van der Waals surface area contributed by atoms with E-state index in [1.54, 1.807) is 20.3 Å². The molecule has 29 heavy (non-hydrogen) atoms. The highest BCUT2D eigenvalue weighted by molar-refractivity contribution is 5.43. The summed E-state index contributed by atoms with van der Waals surface area (Å²) in [4.78, 5) is 0. The van der Waals surface area contributed by atoms with Gasteiger partial charge in [0.15, 0.2) is 11.5 Å². The van der Waals surface area contributed by atoms with Gasteiger partial charge in [-0.25, -0.2) is 0 Å². The Balaban J connectivity index is 1.58. The Labute approximate surface area is 173 Å². The molecule has 3 aromatic carbocycles. The molecule has 0 saturated carbocycles. The van der Waals surface area contributed by atoms with Gasteiger partial charge in [-0.05, 0) is 55.3 Å². The molecule has 0 aliphatic rings. The number of phenols is 1. The summed E-state index contributed by atoms with van der Waals surface area (Å²) >= 11 is 0. The SMILES string of the molecule is COc1ccc(CCNCCC(c2ccccc2)c2ccccc2O)cc1OC. The van der Waals surface area contributed by atoms with Crippen molar-refractivity contribution in [1.29, 1.82) is 0 Å². The van der Waals surface area contributed by atoms with Crippen molar-refractivity contribution in [3.05, 3.63) is 89.5 Å². The number of nitrogens with one attached hydrogen (secondary N) is 1. The average molecular weight is 392 g/mol. The van der Waals surface area contributed by atoms with Crippen LogP contribution < -0.4 is 14.8 Å². The van der Waals surface area contributed by atoms with E-state index in [0.717, 1.165) is 43.0 Å². The molecule has 0 saturated heterocycles. The summed E-state index contributed by atoms with van der Waals surface area (Å²) < 4.78 is 10.7. The lowest BCUT2D eigenvalue weighted by atomic mass is 9.88. The largest absolute Gasteiger partial charge is 0.508 e. The van der Waals surface area contributed by atoms with Crippen LogP contribution in [-0.2, 0) is 6.42 Å². The molecule has 0 radical (unpaired) electrons. The number of phenolic OH excluding ortho intramolecular Hbond substituents is 1. The summed E-state index contributed by atoms with van der Waals surface area (Å²) in [6, 6.07) is 24.0. The third kappa shape index (κ3) is 5.52. The molecule has 0 spiro atoms. The van der Waals surface area contributed by atoms with E-state index < -0.39 is 0 Å². The Morgan fingerprint density at radius 2 is 1.55 bits per heavy atom. The summed E-state index contributed by atoms with van der Waals surface area (Å²) in [7, 11) is 3.30. The molecule has 0 bridgehead atoms. The van der Waals surface area contributed by atoms with Gasteiger partial charge in [0.25, 0.3) is 0 Å².